The Bertz CT molecular complexity index is 447. The Hall–Kier alpha value is -1.91. The van der Waals surface area contributed by atoms with Gasteiger partial charge in [-0.1, -0.05) is 0 Å². The molecule has 2 heterocycles. The summed E-state index contributed by atoms with van der Waals surface area (Å²) in [6.45, 7) is 0.690. The summed E-state index contributed by atoms with van der Waals surface area (Å²) >= 11 is 0. The molecule has 0 saturated carbocycles. The number of likely N-dealkylation sites (tertiary alicyclic amines) is 1. The summed E-state index contributed by atoms with van der Waals surface area (Å²) < 4.78 is 4.70. The number of esters is 1. The van der Waals surface area contributed by atoms with Crippen LogP contribution in [0.25, 0.3) is 0 Å². The second kappa shape index (κ2) is 6.31. The molecular weight excluding hydrogens is 244 g/mol. The highest BCUT2D eigenvalue weighted by molar-refractivity contribution is 5.94. The maximum atomic E-state index is 12.4. The molecule has 0 aromatic carbocycles. The first kappa shape index (κ1) is 13.5. The summed E-state index contributed by atoms with van der Waals surface area (Å²) in [6.07, 6.45) is 6.33. The Morgan fingerprint density at radius 2 is 2.32 bits per heavy atom. The average molecular weight is 262 g/mol. The van der Waals surface area contributed by atoms with Crippen molar-refractivity contribution in [3.63, 3.8) is 0 Å². The van der Waals surface area contributed by atoms with E-state index >= 15 is 0 Å². The average Bonchev–Trinajstić information content (AvgIpc) is 2.48. The Morgan fingerprint density at radius 1 is 1.47 bits per heavy atom. The number of aromatic nitrogens is 1. The molecule has 1 aromatic heterocycles. The summed E-state index contributed by atoms with van der Waals surface area (Å²) in [5.41, 5.74) is 0.569. The van der Waals surface area contributed by atoms with Crippen LogP contribution in [0.3, 0.4) is 0 Å². The fourth-order valence-corrected chi connectivity index (χ4v) is 2.41. The molecule has 1 aromatic rings. The molecule has 5 nitrogen and oxygen atoms in total. The van der Waals surface area contributed by atoms with Crippen molar-refractivity contribution in [2.45, 2.75) is 31.7 Å². The molecule has 1 saturated heterocycles. The lowest BCUT2D eigenvalue weighted by Crippen LogP contribution is -2.44. The number of hydrogen-bond donors (Lipinski definition) is 0. The lowest BCUT2D eigenvalue weighted by molar-refractivity contribution is -0.142. The van der Waals surface area contributed by atoms with Crippen LogP contribution in [0.4, 0.5) is 0 Å². The second-order valence-electron chi connectivity index (χ2n) is 4.67. The normalized spacial score (nSPS) is 19.0. The summed E-state index contributed by atoms with van der Waals surface area (Å²) in [7, 11) is 1.37. The Labute approximate surface area is 112 Å². The highest BCUT2D eigenvalue weighted by Gasteiger charge is 2.29. The lowest BCUT2D eigenvalue weighted by atomic mass is 9.98. The molecule has 1 fully saturated rings. The van der Waals surface area contributed by atoms with Crippen LogP contribution >= 0.6 is 0 Å². The van der Waals surface area contributed by atoms with Gasteiger partial charge in [-0.15, -0.1) is 0 Å². The fraction of sp³-hybridized carbons (Fsp3) is 0.500. The number of nitrogens with zero attached hydrogens (tertiary/aromatic N) is 2. The minimum Gasteiger partial charge on any atom is -0.469 e. The van der Waals surface area contributed by atoms with Crippen molar-refractivity contribution in [3.8, 4) is 0 Å². The minimum absolute atomic E-state index is 0.0540. The van der Waals surface area contributed by atoms with Gasteiger partial charge >= 0.3 is 5.97 Å². The van der Waals surface area contributed by atoms with Crippen LogP contribution in [0.2, 0.25) is 0 Å². The topological polar surface area (TPSA) is 59.5 Å². The first-order valence-electron chi connectivity index (χ1n) is 6.50. The smallest absolute Gasteiger partial charge is 0.307 e. The van der Waals surface area contributed by atoms with Crippen LogP contribution < -0.4 is 0 Å². The van der Waals surface area contributed by atoms with E-state index in [0.29, 0.717) is 12.1 Å². The van der Waals surface area contributed by atoms with Gasteiger partial charge in [-0.2, -0.15) is 0 Å². The van der Waals surface area contributed by atoms with E-state index in [9.17, 15) is 9.59 Å². The Balaban J connectivity index is 2.11. The molecule has 1 aliphatic heterocycles. The number of rotatable bonds is 3. The number of methoxy groups -OCH3 is 1. The highest BCUT2D eigenvalue weighted by atomic mass is 16.5. The number of piperidine rings is 1. The van der Waals surface area contributed by atoms with Crippen molar-refractivity contribution in [3.05, 3.63) is 30.1 Å². The van der Waals surface area contributed by atoms with Crippen molar-refractivity contribution in [1.82, 2.24) is 9.88 Å². The molecular formula is C14H18N2O3. The van der Waals surface area contributed by atoms with Crippen LogP contribution in [0, 0.1) is 0 Å². The number of ether oxygens (including phenoxy) is 1. The zero-order valence-electron chi connectivity index (χ0n) is 11.0. The SMILES string of the molecule is COC(=O)CC1CCCCN1C(=O)c1cccnc1. The van der Waals surface area contributed by atoms with E-state index in [4.69, 9.17) is 4.74 Å². The number of carbonyl (C=O) groups is 2. The Morgan fingerprint density at radius 3 is 3.00 bits per heavy atom. The number of amides is 1. The van der Waals surface area contributed by atoms with Crippen molar-refractivity contribution in [2.24, 2.45) is 0 Å². The van der Waals surface area contributed by atoms with Gasteiger partial charge in [0.1, 0.15) is 0 Å². The molecule has 0 N–H and O–H groups in total. The molecule has 102 valence electrons. The molecule has 2 rings (SSSR count). The molecule has 1 amide bonds. The maximum Gasteiger partial charge on any atom is 0.307 e. The third-order valence-electron chi connectivity index (χ3n) is 3.43. The number of hydrogen-bond acceptors (Lipinski definition) is 4. The van der Waals surface area contributed by atoms with Crippen LogP contribution in [-0.2, 0) is 9.53 Å². The van der Waals surface area contributed by atoms with Gasteiger partial charge < -0.3 is 9.64 Å². The fourth-order valence-electron chi connectivity index (χ4n) is 2.41. The second-order valence-corrected chi connectivity index (χ2v) is 4.67. The number of pyridine rings is 1. The minimum atomic E-state index is -0.268. The van der Waals surface area contributed by atoms with Crippen LogP contribution in [0.15, 0.2) is 24.5 Å². The molecule has 0 aliphatic carbocycles. The third-order valence-corrected chi connectivity index (χ3v) is 3.43. The first-order chi connectivity index (χ1) is 9.22. The van der Waals surface area contributed by atoms with Crippen LogP contribution in [0.5, 0.6) is 0 Å². The molecule has 1 unspecified atom stereocenters. The summed E-state index contributed by atoms with van der Waals surface area (Å²) in [5, 5.41) is 0. The predicted molar refractivity (Wildman–Crippen MR) is 69.5 cm³/mol. The van der Waals surface area contributed by atoms with Crippen molar-refractivity contribution >= 4 is 11.9 Å². The zero-order valence-corrected chi connectivity index (χ0v) is 11.0. The van der Waals surface area contributed by atoms with Gasteiger partial charge in [-0.05, 0) is 31.4 Å². The standard InChI is InChI=1S/C14H18N2O3/c1-19-13(17)9-12-6-2-3-8-16(12)14(18)11-5-4-7-15-10-11/h4-5,7,10,12H,2-3,6,8-9H2,1H3. The van der Waals surface area contributed by atoms with Gasteiger partial charge in [0.15, 0.2) is 0 Å². The zero-order chi connectivity index (χ0) is 13.7. The molecule has 1 aliphatic rings. The van der Waals surface area contributed by atoms with Crippen molar-refractivity contribution in [2.75, 3.05) is 13.7 Å². The first-order valence-corrected chi connectivity index (χ1v) is 6.50. The Kier molecular flexibility index (Phi) is 4.49. The van der Waals surface area contributed by atoms with E-state index in [2.05, 4.69) is 4.98 Å². The molecule has 0 radical (unpaired) electrons. The van der Waals surface area contributed by atoms with Gasteiger partial charge in [-0.25, -0.2) is 0 Å². The van der Waals surface area contributed by atoms with Crippen LogP contribution in [0.1, 0.15) is 36.0 Å². The number of carbonyl (C=O) groups excluding carboxylic acids is 2. The summed E-state index contributed by atoms with van der Waals surface area (Å²) in [5.74, 6) is -0.322. The molecule has 1 atom stereocenters. The largest absolute Gasteiger partial charge is 0.469 e. The molecule has 19 heavy (non-hydrogen) atoms. The van der Waals surface area contributed by atoms with Crippen molar-refractivity contribution < 1.29 is 14.3 Å². The van der Waals surface area contributed by atoms with Crippen molar-refractivity contribution in [1.29, 1.82) is 0 Å². The van der Waals surface area contributed by atoms with Gasteiger partial charge in [0, 0.05) is 25.0 Å². The third kappa shape index (κ3) is 3.30. The van der Waals surface area contributed by atoms with Gasteiger partial charge in [-0.3, -0.25) is 14.6 Å². The maximum absolute atomic E-state index is 12.4. The summed E-state index contributed by atoms with van der Waals surface area (Å²) in [6, 6.07) is 3.43. The monoisotopic (exact) mass is 262 g/mol. The van der Waals surface area contributed by atoms with E-state index < -0.39 is 0 Å². The van der Waals surface area contributed by atoms with Crippen LogP contribution in [-0.4, -0.2) is 41.5 Å². The van der Waals surface area contributed by atoms with E-state index in [1.165, 1.54) is 7.11 Å². The quantitative estimate of drug-likeness (QED) is 0.777. The van der Waals surface area contributed by atoms with Gasteiger partial charge in [0.25, 0.3) is 5.91 Å². The highest BCUT2D eigenvalue weighted by Crippen LogP contribution is 2.22. The van der Waals surface area contributed by atoms with E-state index in [1.807, 2.05) is 0 Å². The van der Waals surface area contributed by atoms with E-state index in [0.717, 1.165) is 19.3 Å². The van der Waals surface area contributed by atoms with Gasteiger partial charge in [0.05, 0.1) is 19.1 Å². The molecule has 0 bridgehead atoms. The van der Waals surface area contributed by atoms with Gasteiger partial charge in [0.2, 0.25) is 0 Å². The van der Waals surface area contributed by atoms with E-state index in [-0.39, 0.29) is 24.3 Å². The summed E-state index contributed by atoms with van der Waals surface area (Å²) in [4.78, 5) is 29.6. The predicted octanol–water partition coefficient (Wildman–Crippen LogP) is 1.64. The molecule has 5 heteroatoms. The van der Waals surface area contributed by atoms with E-state index in [1.54, 1.807) is 29.4 Å². The lowest BCUT2D eigenvalue weighted by Gasteiger charge is -2.35. The molecule has 0 spiro atoms.